The first kappa shape index (κ1) is 13.5. The Labute approximate surface area is 116 Å². The standard InChI is InChI=1S/C15H19IN2/c1-4-13-10-17-11-18-15(13)9-12-5-7-14(8-6-12)16(2)3/h5-8,10-11H,4,9H2,1-3H3. The Morgan fingerprint density at radius 1 is 1.11 bits per heavy atom. The van der Waals surface area contributed by atoms with Crippen LogP contribution in [0.4, 0.5) is 0 Å². The van der Waals surface area contributed by atoms with Gasteiger partial charge in [-0.25, -0.2) is 0 Å². The third-order valence-corrected chi connectivity index (χ3v) is 6.19. The van der Waals surface area contributed by atoms with E-state index in [9.17, 15) is 0 Å². The molecule has 1 heterocycles. The maximum absolute atomic E-state index is 4.40. The second-order valence-electron chi connectivity index (χ2n) is 4.41. The number of benzene rings is 1. The van der Waals surface area contributed by atoms with Crippen molar-refractivity contribution in [3.8, 4) is 0 Å². The number of aryl methyl sites for hydroxylation is 1. The molecule has 0 spiro atoms. The minimum absolute atomic E-state index is 0.838. The zero-order chi connectivity index (χ0) is 13.0. The number of hydrogen-bond acceptors (Lipinski definition) is 2. The number of nitrogens with zero attached hydrogens (tertiary/aromatic N) is 2. The number of aromatic nitrogens is 2. The van der Waals surface area contributed by atoms with E-state index in [4.69, 9.17) is 0 Å². The van der Waals surface area contributed by atoms with Crippen molar-refractivity contribution in [1.29, 1.82) is 0 Å². The van der Waals surface area contributed by atoms with Gasteiger partial charge in [-0.2, -0.15) is 0 Å². The van der Waals surface area contributed by atoms with Gasteiger partial charge < -0.3 is 0 Å². The molecule has 0 saturated carbocycles. The molecule has 0 atom stereocenters. The number of halogens is 1. The van der Waals surface area contributed by atoms with Crippen LogP contribution in [0.5, 0.6) is 0 Å². The molecular formula is C15H19IN2. The number of rotatable bonds is 4. The first-order valence-electron chi connectivity index (χ1n) is 6.07. The molecule has 18 heavy (non-hydrogen) atoms. The van der Waals surface area contributed by atoms with Crippen molar-refractivity contribution in [2.75, 3.05) is 9.86 Å². The van der Waals surface area contributed by atoms with E-state index < -0.39 is 19.8 Å². The quantitative estimate of drug-likeness (QED) is 0.620. The summed E-state index contributed by atoms with van der Waals surface area (Å²) < 4.78 is 1.54. The molecule has 0 radical (unpaired) electrons. The Morgan fingerprint density at radius 2 is 1.83 bits per heavy atom. The summed E-state index contributed by atoms with van der Waals surface area (Å²) in [4.78, 5) is 13.2. The van der Waals surface area contributed by atoms with Gasteiger partial charge in [-0.3, -0.25) is 0 Å². The van der Waals surface area contributed by atoms with Crippen molar-refractivity contribution in [1.82, 2.24) is 9.97 Å². The average molecular weight is 354 g/mol. The van der Waals surface area contributed by atoms with Crippen LogP contribution in [0.1, 0.15) is 23.7 Å². The van der Waals surface area contributed by atoms with Crippen molar-refractivity contribution in [2.45, 2.75) is 19.8 Å². The summed E-state index contributed by atoms with van der Waals surface area (Å²) in [6, 6.07) is 9.06. The van der Waals surface area contributed by atoms with Gasteiger partial charge in [0.05, 0.1) is 0 Å². The van der Waals surface area contributed by atoms with E-state index >= 15 is 0 Å². The van der Waals surface area contributed by atoms with Gasteiger partial charge in [-0.1, -0.05) is 0 Å². The fourth-order valence-electron chi connectivity index (χ4n) is 1.89. The monoisotopic (exact) mass is 354 g/mol. The van der Waals surface area contributed by atoms with E-state index in [-0.39, 0.29) is 0 Å². The Balaban J connectivity index is 2.18. The van der Waals surface area contributed by atoms with Gasteiger partial charge in [-0.05, 0) is 0 Å². The summed E-state index contributed by atoms with van der Waals surface area (Å²) in [6.45, 7) is 2.15. The molecule has 1 aromatic heterocycles. The van der Waals surface area contributed by atoms with Crippen LogP contribution in [0, 0.1) is 3.57 Å². The van der Waals surface area contributed by atoms with Crippen molar-refractivity contribution in [3.63, 3.8) is 0 Å². The summed E-state index contributed by atoms with van der Waals surface area (Å²) in [6.07, 6.45) is 5.48. The van der Waals surface area contributed by atoms with Gasteiger partial charge in [0.2, 0.25) is 0 Å². The second-order valence-corrected chi connectivity index (χ2v) is 9.97. The summed E-state index contributed by atoms with van der Waals surface area (Å²) in [5.74, 6) is 0. The molecule has 2 nitrogen and oxygen atoms in total. The predicted molar refractivity (Wildman–Crippen MR) is 85.2 cm³/mol. The van der Waals surface area contributed by atoms with E-state index in [2.05, 4.69) is 51.0 Å². The molecule has 3 heteroatoms. The van der Waals surface area contributed by atoms with Crippen LogP contribution >= 0.6 is 19.8 Å². The molecule has 0 amide bonds. The molecule has 0 aliphatic rings. The van der Waals surface area contributed by atoms with E-state index in [0.29, 0.717) is 0 Å². The maximum atomic E-state index is 4.40. The van der Waals surface area contributed by atoms with Crippen molar-refractivity contribution >= 4 is 19.8 Å². The molecule has 2 aromatic rings. The SMILES string of the molecule is CCc1cncnc1Cc1ccc(I(C)C)cc1. The van der Waals surface area contributed by atoms with Crippen molar-refractivity contribution < 1.29 is 0 Å². The van der Waals surface area contributed by atoms with Crippen LogP contribution in [0.2, 0.25) is 0 Å². The molecule has 0 bridgehead atoms. The van der Waals surface area contributed by atoms with Gasteiger partial charge in [0, 0.05) is 0 Å². The van der Waals surface area contributed by atoms with Crippen LogP contribution in [-0.2, 0) is 12.8 Å². The van der Waals surface area contributed by atoms with E-state index in [0.717, 1.165) is 18.5 Å². The van der Waals surface area contributed by atoms with Gasteiger partial charge >= 0.3 is 117 Å². The van der Waals surface area contributed by atoms with Gasteiger partial charge in [-0.15, -0.1) is 0 Å². The molecule has 0 saturated heterocycles. The van der Waals surface area contributed by atoms with Gasteiger partial charge in [0.15, 0.2) is 0 Å². The van der Waals surface area contributed by atoms with Crippen LogP contribution in [0.15, 0.2) is 36.8 Å². The van der Waals surface area contributed by atoms with E-state index in [1.54, 1.807) is 9.90 Å². The number of hydrogen-bond donors (Lipinski definition) is 0. The van der Waals surface area contributed by atoms with E-state index in [1.807, 2.05) is 6.20 Å². The zero-order valence-corrected chi connectivity index (χ0v) is 13.3. The molecule has 0 fully saturated rings. The summed E-state index contributed by atoms with van der Waals surface area (Å²) in [7, 11) is 0. The van der Waals surface area contributed by atoms with E-state index in [1.165, 1.54) is 11.1 Å². The van der Waals surface area contributed by atoms with Crippen LogP contribution in [-0.4, -0.2) is 19.8 Å². The Hall–Kier alpha value is -0.970. The summed E-state index contributed by atoms with van der Waals surface area (Å²) in [5.41, 5.74) is 3.74. The van der Waals surface area contributed by atoms with Crippen molar-refractivity contribution in [3.05, 3.63) is 57.2 Å². The third-order valence-electron chi connectivity index (χ3n) is 2.98. The molecule has 1 aromatic carbocycles. The molecule has 0 aliphatic heterocycles. The third kappa shape index (κ3) is 3.28. The van der Waals surface area contributed by atoms with Crippen molar-refractivity contribution in [2.24, 2.45) is 0 Å². The molecular weight excluding hydrogens is 335 g/mol. The molecule has 0 unspecified atom stereocenters. The fourth-order valence-corrected chi connectivity index (χ4v) is 3.68. The topological polar surface area (TPSA) is 25.8 Å². The first-order valence-corrected chi connectivity index (χ1v) is 11.5. The molecule has 96 valence electrons. The normalized spacial score (nSPS) is 11.4. The number of alkyl halides is 2. The van der Waals surface area contributed by atoms with Gasteiger partial charge in [0.1, 0.15) is 0 Å². The Morgan fingerprint density at radius 3 is 2.44 bits per heavy atom. The summed E-state index contributed by atoms with van der Waals surface area (Å²) in [5, 5.41) is 0. The molecule has 0 aliphatic carbocycles. The molecule has 0 N–H and O–H groups in total. The molecule has 2 rings (SSSR count). The van der Waals surface area contributed by atoms with Crippen LogP contribution in [0.3, 0.4) is 0 Å². The van der Waals surface area contributed by atoms with Gasteiger partial charge in [0.25, 0.3) is 0 Å². The Bertz CT molecular complexity index is 506. The summed E-state index contributed by atoms with van der Waals surface area (Å²) >= 11 is -0.838. The van der Waals surface area contributed by atoms with Crippen LogP contribution < -0.4 is 0 Å². The fraction of sp³-hybridized carbons (Fsp3) is 0.333. The average Bonchev–Trinajstić information content (AvgIpc) is 2.40. The van der Waals surface area contributed by atoms with Crippen LogP contribution in [0.25, 0.3) is 0 Å². The second kappa shape index (κ2) is 6.27. The predicted octanol–water partition coefficient (Wildman–Crippen LogP) is 3.57. The zero-order valence-electron chi connectivity index (χ0n) is 11.2. The minimum atomic E-state index is -0.838. The Kier molecular flexibility index (Phi) is 4.69. The first-order chi connectivity index (χ1) is 8.70.